The van der Waals surface area contributed by atoms with Gasteiger partial charge in [-0.2, -0.15) is 0 Å². The number of ether oxygens (including phenoxy) is 2. The lowest BCUT2D eigenvalue weighted by Gasteiger charge is -2.45. The molecule has 6 rings (SSSR count). The number of hydrogen-bond donors (Lipinski definition) is 2. The zero-order valence-electron chi connectivity index (χ0n) is 27.9. The number of carboxylic acids is 1. The Kier molecular flexibility index (Phi) is 11.4. The zero-order valence-corrected chi connectivity index (χ0v) is 29.5. The second-order valence-corrected chi connectivity index (χ2v) is 14.1. The minimum Gasteiger partial charge on any atom is -0.490 e. The minimum atomic E-state index is -0.901. The summed E-state index contributed by atoms with van der Waals surface area (Å²) in [6.45, 7) is 4.41. The Balaban J connectivity index is 1.20. The van der Waals surface area contributed by atoms with Gasteiger partial charge in [0.1, 0.15) is 24.7 Å². The fraction of sp³-hybridized carbons (Fsp3) is 0.410. The number of nitrogens with zero attached hydrogens (tertiary/aromatic N) is 2. The number of halogens is 1. The molecule has 1 saturated carbocycles. The molecular weight excluding hydrogens is 686 g/mol. The van der Waals surface area contributed by atoms with Gasteiger partial charge in [0.25, 0.3) is 5.91 Å². The SMILES string of the molecule is Cc1ccc(CCN(C(=O)C2=C(c3ccc(OCCOc4ccc(Br)cc4)cc3)C[C@@H]3CN(C(=O)CCCC(=O)O)C[C@H]2N3)C2CC2)cc1. The Morgan fingerprint density at radius 3 is 2.18 bits per heavy atom. The highest BCUT2D eigenvalue weighted by atomic mass is 79.9. The average molecular weight is 731 g/mol. The van der Waals surface area contributed by atoms with E-state index in [1.807, 2.05) is 58.3 Å². The van der Waals surface area contributed by atoms with Gasteiger partial charge in [0.05, 0.1) is 6.04 Å². The van der Waals surface area contributed by atoms with Crippen molar-refractivity contribution in [3.63, 3.8) is 0 Å². The molecular formula is C39H44BrN3O6. The van der Waals surface area contributed by atoms with Gasteiger partial charge in [0, 0.05) is 54.6 Å². The van der Waals surface area contributed by atoms with Crippen LogP contribution in [0.1, 0.15) is 55.2 Å². The lowest BCUT2D eigenvalue weighted by atomic mass is 9.82. The van der Waals surface area contributed by atoms with E-state index >= 15 is 0 Å². The lowest BCUT2D eigenvalue weighted by Crippen LogP contribution is -2.62. The van der Waals surface area contributed by atoms with Gasteiger partial charge in [-0.05, 0) is 92.1 Å². The molecule has 2 heterocycles. The first-order chi connectivity index (χ1) is 23.7. The van der Waals surface area contributed by atoms with Gasteiger partial charge in [0.2, 0.25) is 5.91 Å². The molecule has 2 bridgehead atoms. The van der Waals surface area contributed by atoms with E-state index in [1.54, 1.807) is 0 Å². The number of piperazine rings is 1. The topological polar surface area (TPSA) is 108 Å². The quantitative estimate of drug-likeness (QED) is 0.184. The monoisotopic (exact) mass is 729 g/mol. The predicted octanol–water partition coefficient (Wildman–Crippen LogP) is 6.03. The molecule has 0 unspecified atom stereocenters. The fourth-order valence-electron chi connectivity index (χ4n) is 6.72. The summed E-state index contributed by atoms with van der Waals surface area (Å²) in [5.41, 5.74) is 5.14. The van der Waals surface area contributed by atoms with Crippen molar-refractivity contribution < 1.29 is 29.0 Å². The number of rotatable bonds is 15. The Bertz CT molecular complexity index is 1650. The molecule has 0 spiro atoms. The van der Waals surface area contributed by atoms with E-state index in [0.717, 1.165) is 51.9 Å². The van der Waals surface area contributed by atoms with Crippen LogP contribution >= 0.6 is 15.9 Å². The third kappa shape index (κ3) is 9.30. The van der Waals surface area contributed by atoms with Crippen molar-refractivity contribution in [3.05, 3.63) is 99.5 Å². The summed E-state index contributed by atoms with van der Waals surface area (Å²) in [6.07, 6.45) is 3.83. The van der Waals surface area contributed by atoms with Crippen LogP contribution in [0.2, 0.25) is 0 Å². The van der Waals surface area contributed by atoms with E-state index in [-0.39, 0.29) is 42.8 Å². The van der Waals surface area contributed by atoms with Crippen molar-refractivity contribution >= 4 is 39.3 Å². The van der Waals surface area contributed by atoms with Gasteiger partial charge in [-0.1, -0.05) is 57.9 Å². The second kappa shape index (κ2) is 16.0. The molecule has 1 aliphatic carbocycles. The third-order valence-electron chi connectivity index (χ3n) is 9.42. The standard InChI is InChI=1S/C39H44BrN3O6/c1-26-5-7-27(8-6-26)19-20-43(31-13-14-31)39(47)38-34(23-30-24-42(25-35(38)41-30)36(44)3-2-4-37(45)46)28-9-15-32(16-10-28)48-21-22-49-33-17-11-29(40)12-18-33/h5-12,15-18,30-31,35,41H,2-4,13-14,19-25H2,1H3,(H,45,46)/t30-,35-/m1/s1. The predicted molar refractivity (Wildman–Crippen MR) is 192 cm³/mol. The van der Waals surface area contributed by atoms with Crippen LogP contribution in [-0.2, 0) is 20.8 Å². The number of benzene rings is 3. The van der Waals surface area contributed by atoms with Crippen molar-refractivity contribution in [1.82, 2.24) is 15.1 Å². The van der Waals surface area contributed by atoms with Gasteiger partial charge >= 0.3 is 5.97 Å². The van der Waals surface area contributed by atoms with Gasteiger partial charge in [-0.15, -0.1) is 0 Å². The molecule has 2 fully saturated rings. The van der Waals surface area contributed by atoms with E-state index in [1.165, 1.54) is 11.1 Å². The molecule has 3 aromatic rings. The maximum atomic E-state index is 14.7. The van der Waals surface area contributed by atoms with E-state index in [4.69, 9.17) is 14.6 Å². The molecule has 2 amide bonds. The van der Waals surface area contributed by atoms with Crippen LogP contribution in [0.25, 0.3) is 5.57 Å². The second-order valence-electron chi connectivity index (χ2n) is 13.2. The smallest absolute Gasteiger partial charge is 0.303 e. The van der Waals surface area contributed by atoms with E-state index < -0.39 is 5.97 Å². The Morgan fingerprint density at radius 1 is 0.898 bits per heavy atom. The van der Waals surface area contributed by atoms with E-state index in [2.05, 4.69) is 52.4 Å². The molecule has 2 atom stereocenters. The molecule has 0 radical (unpaired) electrons. The first-order valence-corrected chi connectivity index (χ1v) is 18.0. The van der Waals surface area contributed by atoms with Crippen LogP contribution in [0.5, 0.6) is 11.5 Å². The summed E-state index contributed by atoms with van der Waals surface area (Å²) < 4.78 is 12.8. The number of fused-ring (bicyclic) bond motifs is 2. The van der Waals surface area contributed by atoms with Crippen LogP contribution in [-0.4, -0.2) is 83.7 Å². The number of aliphatic carboxylic acids is 1. The molecule has 2 aliphatic heterocycles. The molecule has 0 aromatic heterocycles. The number of hydrogen-bond acceptors (Lipinski definition) is 6. The minimum absolute atomic E-state index is 0.0117. The molecule has 258 valence electrons. The van der Waals surface area contributed by atoms with Crippen molar-refractivity contribution in [1.29, 1.82) is 0 Å². The molecule has 3 aromatic carbocycles. The first-order valence-electron chi connectivity index (χ1n) is 17.2. The normalized spacial score (nSPS) is 18.6. The average Bonchev–Trinajstić information content (AvgIpc) is 3.93. The summed E-state index contributed by atoms with van der Waals surface area (Å²) in [5.74, 6) is 0.578. The summed E-state index contributed by atoms with van der Waals surface area (Å²) in [5, 5.41) is 12.7. The fourth-order valence-corrected chi connectivity index (χ4v) is 6.98. The maximum Gasteiger partial charge on any atom is 0.303 e. The molecule has 49 heavy (non-hydrogen) atoms. The zero-order chi connectivity index (χ0) is 34.3. The van der Waals surface area contributed by atoms with E-state index in [9.17, 15) is 14.4 Å². The lowest BCUT2D eigenvalue weighted by molar-refractivity contribution is -0.138. The Labute approximate surface area is 296 Å². The molecule has 2 N–H and O–H groups in total. The maximum absolute atomic E-state index is 14.7. The van der Waals surface area contributed by atoms with Crippen LogP contribution in [0.4, 0.5) is 0 Å². The van der Waals surface area contributed by atoms with Crippen molar-refractivity contribution in [2.45, 2.75) is 70.0 Å². The van der Waals surface area contributed by atoms with Gasteiger partial charge in [-0.3, -0.25) is 14.4 Å². The summed E-state index contributed by atoms with van der Waals surface area (Å²) in [6, 6.07) is 24.0. The van der Waals surface area contributed by atoms with Crippen LogP contribution in [0, 0.1) is 6.92 Å². The summed E-state index contributed by atoms with van der Waals surface area (Å²) in [7, 11) is 0. The summed E-state index contributed by atoms with van der Waals surface area (Å²) >= 11 is 3.43. The summed E-state index contributed by atoms with van der Waals surface area (Å²) in [4.78, 5) is 42.7. The van der Waals surface area contributed by atoms with Crippen molar-refractivity contribution in [2.75, 3.05) is 32.8 Å². The molecule has 10 heteroatoms. The van der Waals surface area contributed by atoms with Gasteiger partial charge in [-0.25, -0.2) is 0 Å². The van der Waals surface area contributed by atoms with Crippen LogP contribution in [0.15, 0.2) is 82.8 Å². The van der Waals surface area contributed by atoms with Crippen molar-refractivity contribution in [3.8, 4) is 11.5 Å². The van der Waals surface area contributed by atoms with Crippen LogP contribution < -0.4 is 14.8 Å². The van der Waals surface area contributed by atoms with Gasteiger partial charge in [0.15, 0.2) is 0 Å². The first kappa shape index (κ1) is 34.7. The number of carbonyl (C=O) groups excluding carboxylic acids is 2. The highest BCUT2D eigenvalue weighted by Crippen LogP contribution is 2.37. The van der Waals surface area contributed by atoms with Crippen LogP contribution in [0.3, 0.4) is 0 Å². The highest BCUT2D eigenvalue weighted by Gasteiger charge is 2.43. The number of aryl methyl sites for hydroxylation is 1. The largest absolute Gasteiger partial charge is 0.490 e. The third-order valence-corrected chi connectivity index (χ3v) is 9.95. The van der Waals surface area contributed by atoms with Crippen molar-refractivity contribution in [2.24, 2.45) is 0 Å². The number of nitrogens with one attached hydrogen (secondary N) is 1. The molecule has 3 aliphatic rings. The number of carbonyl (C=O) groups is 3. The van der Waals surface area contributed by atoms with E-state index in [0.29, 0.717) is 45.7 Å². The Morgan fingerprint density at radius 2 is 1.55 bits per heavy atom. The van der Waals surface area contributed by atoms with Gasteiger partial charge < -0.3 is 29.7 Å². The molecule has 9 nitrogen and oxygen atoms in total. The Hall–Kier alpha value is -4.15. The highest BCUT2D eigenvalue weighted by molar-refractivity contribution is 9.10. The molecule has 1 saturated heterocycles. The number of carboxylic acid groups (broad SMARTS) is 1. The number of amides is 2.